The van der Waals surface area contributed by atoms with E-state index in [9.17, 15) is 5.11 Å². The molecule has 2 bridgehead atoms. The fraction of sp³-hybridized carbons (Fsp3) is 0.579. The lowest BCUT2D eigenvalue weighted by Crippen LogP contribution is -2.58. The first-order valence-corrected chi connectivity index (χ1v) is 8.92. The van der Waals surface area contributed by atoms with Gasteiger partial charge in [-0.25, -0.2) is 4.99 Å². The number of ether oxygens (including phenoxy) is 1. The summed E-state index contributed by atoms with van der Waals surface area (Å²) in [6, 6.07) is 5.31. The summed E-state index contributed by atoms with van der Waals surface area (Å²) in [6.07, 6.45) is 5.46. The van der Waals surface area contributed by atoms with Gasteiger partial charge in [-0.3, -0.25) is 0 Å². The summed E-state index contributed by atoms with van der Waals surface area (Å²) >= 11 is 5.46. The van der Waals surface area contributed by atoms with Gasteiger partial charge in [-0.2, -0.15) is 0 Å². The van der Waals surface area contributed by atoms with Crippen LogP contribution in [-0.4, -0.2) is 29.1 Å². The third-order valence-electron chi connectivity index (χ3n) is 6.55. The molecule has 24 heavy (non-hydrogen) atoms. The second kappa shape index (κ2) is 6.03. The second-order valence-corrected chi connectivity index (χ2v) is 8.10. The van der Waals surface area contributed by atoms with Gasteiger partial charge in [0.1, 0.15) is 0 Å². The normalized spacial score (nSPS) is 30.7. The Labute approximate surface area is 149 Å². The Morgan fingerprint density at radius 2 is 2.04 bits per heavy atom. The Bertz CT molecular complexity index is 686. The summed E-state index contributed by atoms with van der Waals surface area (Å²) in [5.74, 6) is 1.92. The fourth-order valence-electron chi connectivity index (χ4n) is 4.57. The van der Waals surface area contributed by atoms with Crippen molar-refractivity contribution in [2.24, 2.45) is 22.2 Å². The number of rotatable bonds is 3. The summed E-state index contributed by atoms with van der Waals surface area (Å²) < 4.78 is 5.12. The minimum Gasteiger partial charge on any atom is -0.504 e. The maximum absolute atomic E-state index is 10.1. The van der Waals surface area contributed by atoms with Gasteiger partial charge in [0, 0.05) is 17.3 Å². The van der Waals surface area contributed by atoms with E-state index in [0.29, 0.717) is 22.3 Å². The third kappa shape index (κ3) is 2.59. The molecule has 5 heteroatoms. The van der Waals surface area contributed by atoms with Crippen LogP contribution in [0.5, 0.6) is 11.5 Å². The molecule has 2 N–H and O–H groups in total. The van der Waals surface area contributed by atoms with Gasteiger partial charge in [-0.15, -0.1) is 0 Å². The van der Waals surface area contributed by atoms with Crippen LogP contribution in [0.2, 0.25) is 0 Å². The molecule has 0 heterocycles. The van der Waals surface area contributed by atoms with Gasteiger partial charge in [0.2, 0.25) is 0 Å². The average Bonchev–Trinajstić information content (AvgIpc) is 3.09. The zero-order valence-corrected chi connectivity index (χ0v) is 15.6. The van der Waals surface area contributed by atoms with Crippen LogP contribution < -0.4 is 10.1 Å². The molecule has 2 saturated carbocycles. The molecule has 0 aromatic heterocycles. The SMILES string of the molecule is COc1cccc(C=NC(=S)NC2(C)C3CCC(C3)C2(C)C)c1O. The van der Waals surface area contributed by atoms with Crippen LogP contribution in [-0.2, 0) is 0 Å². The minimum atomic E-state index is -0.0270. The predicted molar refractivity (Wildman–Crippen MR) is 101 cm³/mol. The predicted octanol–water partition coefficient (Wildman–Crippen LogP) is 3.91. The summed E-state index contributed by atoms with van der Waals surface area (Å²) in [6.45, 7) is 6.95. The highest BCUT2D eigenvalue weighted by Gasteiger charge is 2.60. The monoisotopic (exact) mass is 346 g/mol. The highest BCUT2D eigenvalue weighted by molar-refractivity contribution is 7.80. The molecule has 3 rings (SSSR count). The molecule has 0 saturated heterocycles. The van der Waals surface area contributed by atoms with Crippen molar-refractivity contribution < 1.29 is 9.84 Å². The number of hydrogen-bond acceptors (Lipinski definition) is 3. The van der Waals surface area contributed by atoms with Gasteiger partial charge in [0.25, 0.3) is 0 Å². The van der Waals surface area contributed by atoms with Crippen molar-refractivity contribution in [3.8, 4) is 11.5 Å². The number of thiocarbonyl (C=S) groups is 1. The molecule has 1 aromatic carbocycles. The van der Waals surface area contributed by atoms with Gasteiger partial charge < -0.3 is 15.2 Å². The molecule has 2 aliphatic carbocycles. The van der Waals surface area contributed by atoms with Crippen LogP contribution in [0, 0.1) is 17.3 Å². The van der Waals surface area contributed by atoms with E-state index in [4.69, 9.17) is 17.0 Å². The molecule has 0 radical (unpaired) electrons. The standard InChI is InChI=1S/C19H26N2O2S/c1-18(2)13-8-9-14(10-13)19(18,3)21-17(24)20-11-12-6-5-7-15(23-4)16(12)22/h5-7,11,13-14,22H,8-10H2,1-4H3,(H,21,24). The number of benzene rings is 1. The Hall–Kier alpha value is -1.62. The van der Waals surface area contributed by atoms with Crippen LogP contribution in [0.1, 0.15) is 45.6 Å². The van der Waals surface area contributed by atoms with Crippen molar-refractivity contribution in [2.45, 2.75) is 45.6 Å². The van der Waals surface area contributed by atoms with Crippen molar-refractivity contribution in [3.05, 3.63) is 23.8 Å². The molecule has 2 fully saturated rings. The number of phenols is 1. The summed E-state index contributed by atoms with van der Waals surface area (Å²) in [4.78, 5) is 4.37. The van der Waals surface area contributed by atoms with E-state index in [1.807, 2.05) is 6.07 Å². The molecular formula is C19H26N2O2S. The van der Waals surface area contributed by atoms with Crippen molar-refractivity contribution in [1.29, 1.82) is 0 Å². The highest BCUT2D eigenvalue weighted by Crippen LogP contribution is 2.61. The minimum absolute atomic E-state index is 0.0270. The zero-order valence-electron chi connectivity index (χ0n) is 14.8. The van der Waals surface area contributed by atoms with Crippen LogP contribution in [0.3, 0.4) is 0 Å². The van der Waals surface area contributed by atoms with Crippen LogP contribution in [0.4, 0.5) is 0 Å². The maximum atomic E-state index is 10.1. The summed E-state index contributed by atoms with van der Waals surface area (Å²) in [5, 5.41) is 14.1. The van der Waals surface area contributed by atoms with E-state index >= 15 is 0 Å². The number of methoxy groups -OCH3 is 1. The first-order valence-electron chi connectivity index (χ1n) is 8.51. The van der Waals surface area contributed by atoms with Crippen LogP contribution in [0.25, 0.3) is 0 Å². The van der Waals surface area contributed by atoms with Gasteiger partial charge in [-0.1, -0.05) is 19.9 Å². The third-order valence-corrected chi connectivity index (χ3v) is 6.75. The van der Waals surface area contributed by atoms with E-state index in [-0.39, 0.29) is 16.7 Å². The number of hydrogen-bond donors (Lipinski definition) is 2. The van der Waals surface area contributed by atoms with Crippen LogP contribution >= 0.6 is 12.2 Å². The lowest BCUT2D eigenvalue weighted by Gasteiger charge is -2.48. The number of para-hydroxylation sites is 1. The maximum Gasteiger partial charge on any atom is 0.193 e. The van der Waals surface area contributed by atoms with E-state index < -0.39 is 0 Å². The number of fused-ring (bicyclic) bond motifs is 2. The lowest BCUT2D eigenvalue weighted by atomic mass is 9.64. The fourth-order valence-corrected chi connectivity index (χ4v) is 4.83. The van der Waals surface area contributed by atoms with Crippen molar-refractivity contribution in [1.82, 2.24) is 5.32 Å². The largest absolute Gasteiger partial charge is 0.504 e. The van der Waals surface area contributed by atoms with Gasteiger partial charge in [0.05, 0.1) is 7.11 Å². The van der Waals surface area contributed by atoms with Gasteiger partial charge >= 0.3 is 0 Å². The van der Waals surface area contributed by atoms with Crippen molar-refractivity contribution in [3.63, 3.8) is 0 Å². The molecule has 3 atom stereocenters. The number of aromatic hydroxyl groups is 1. The quantitative estimate of drug-likeness (QED) is 0.644. The summed E-state index contributed by atoms with van der Waals surface area (Å²) in [5.41, 5.74) is 0.768. The number of nitrogens with zero attached hydrogens (tertiary/aromatic N) is 1. The average molecular weight is 346 g/mol. The van der Waals surface area contributed by atoms with E-state index in [1.165, 1.54) is 26.4 Å². The molecule has 1 aromatic rings. The van der Waals surface area contributed by atoms with E-state index in [1.54, 1.807) is 18.3 Å². The number of nitrogens with one attached hydrogen (secondary N) is 1. The molecule has 0 spiro atoms. The number of aliphatic imine (C=N–C) groups is 1. The van der Waals surface area contributed by atoms with Gasteiger partial charge in [0.15, 0.2) is 16.6 Å². The second-order valence-electron chi connectivity index (χ2n) is 7.72. The Morgan fingerprint density at radius 1 is 1.33 bits per heavy atom. The Morgan fingerprint density at radius 3 is 2.67 bits per heavy atom. The Kier molecular flexibility index (Phi) is 4.32. The molecule has 130 valence electrons. The molecule has 0 amide bonds. The first-order chi connectivity index (χ1) is 11.3. The lowest BCUT2D eigenvalue weighted by molar-refractivity contribution is 0.0839. The molecule has 3 unspecified atom stereocenters. The van der Waals surface area contributed by atoms with E-state index in [0.717, 1.165) is 5.92 Å². The van der Waals surface area contributed by atoms with Gasteiger partial charge in [-0.05, 0) is 67.8 Å². The summed E-state index contributed by atoms with van der Waals surface area (Å²) in [7, 11) is 1.53. The van der Waals surface area contributed by atoms with E-state index in [2.05, 4.69) is 31.1 Å². The highest BCUT2D eigenvalue weighted by atomic mass is 32.1. The topological polar surface area (TPSA) is 53.8 Å². The van der Waals surface area contributed by atoms with Crippen LogP contribution in [0.15, 0.2) is 23.2 Å². The molecular weight excluding hydrogens is 320 g/mol. The van der Waals surface area contributed by atoms with Crippen molar-refractivity contribution in [2.75, 3.05) is 7.11 Å². The molecule has 0 aliphatic heterocycles. The smallest absolute Gasteiger partial charge is 0.193 e. The molecule has 2 aliphatic rings. The van der Waals surface area contributed by atoms with Crippen molar-refractivity contribution >= 4 is 23.5 Å². The molecule has 4 nitrogen and oxygen atoms in total. The number of phenolic OH excluding ortho intramolecular Hbond substituents is 1. The first kappa shape index (κ1) is 17.2. The Balaban J connectivity index is 1.75. The zero-order chi connectivity index (χ0) is 17.5.